The molecule has 100 valence electrons. The number of nitrogens with zero attached hydrogens (tertiary/aromatic N) is 2. The Morgan fingerprint density at radius 3 is 2.60 bits per heavy atom. The summed E-state index contributed by atoms with van der Waals surface area (Å²) in [6.07, 6.45) is 0. The van der Waals surface area contributed by atoms with Crippen LogP contribution in [0.2, 0.25) is 5.02 Å². The largest absolute Gasteiger partial charge is 0.398 e. The minimum Gasteiger partial charge on any atom is -0.398 e. The van der Waals surface area contributed by atoms with Crippen LogP contribution in [0.5, 0.6) is 0 Å². The Kier molecular flexibility index (Phi) is 3.16. The molecule has 3 rings (SSSR count). The van der Waals surface area contributed by atoms with Crippen molar-refractivity contribution >= 4 is 17.3 Å². The standard InChI is InChI=1S/C15H12ClN3O/c1-9-10(6-4-8-13(9)17)15-18-14(19-20-15)11-5-2-3-7-12(11)16/h2-8H,17H2,1H3. The van der Waals surface area contributed by atoms with Gasteiger partial charge in [0.1, 0.15) is 0 Å². The quantitative estimate of drug-likeness (QED) is 0.724. The van der Waals surface area contributed by atoms with E-state index in [-0.39, 0.29) is 0 Å². The van der Waals surface area contributed by atoms with Gasteiger partial charge in [0, 0.05) is 16.8 Å². The molecular weight excluding hydrogens is 274 g/mol. The molecule has 2 N–H and O–H groups in total. The second-order valence-corrected chi connectivity index (χ2v) is 4.83. The number of anilines is 1. The van der Waals surface area contributed by atoms with E-state index in [4.69, 9.17) is 21.9 Å². The Balaban J connectivity index is 2.07. The molecule has 0 bridgehead atoms. The molecule has 0 spiro atoms. The average molecular weight is 286 g/mol. The number of aromatic nitrogens is 2. The van der Waals surface area contributed by atoms with Crippen LogP contribution >= 0.6 is 11.6 Å². The summed E-state index contributed by atoms with van der Waals surface area (Å²) in [5, 5.41) is 4.57. The number of halogens is 1. The summed E-state index contributed by atoms with van der Waals surface area (Å²) in [7, 11) is 0. The number of nitrogen functional groups attached to an aromatic ring is 1. The third-order valence-corrected chi connectivity index (χ3v) is 3.48. The molecule has 0 saturated carbocycles. The molecule has 0 aliphatic heterocycles. The van der Waals surface area contributed by atoms with E-state index >= 15 is 0 Å². The van der Waals surface area contributed by atoms with E-state index in [1.54, 1.807) is 6.07 Å². The second-order valence-electron chi connectivity index (χ2n) is 4.42. The van der Waals surface area contributed by atoms with Gasteiger partial charge in [-0.3, -0.25) is 0 Å². The van der Waals surface area contributed by atoms with Crippen LogP contribution in [0.25, 0.3) is 22.8 Å². The van der Waals surface area contributed by atoms with E-state index in [0.29, 0.717) is 22.4 Å². The highest BCUT2D eigenvalue weighted by atomic mass is 35.5. The highest BCUT2D eigenvalue weighted by Gasteiger charge is 2.14. The lowest BCUT2D eigenvalue weighted by atomic mass is 10.1. The number of benzene rings is 2. The fourth-order valence-corrected chi connectivity index (χ4v) is 2.19. The number of nitrogens with two attached hydrogens (primary N) is 1. The molecule has 5 heteroatoms. The normalized spacial score (nSPS) is 10.7. The van der Waals surface area contributed by atoms with Crippen molar-refractivity contribution in [1.82, 2.24) is 10.1 Å². The van der Waals surface area contributed by atoms with Crippen molar-refractivity contribution in [2.75, 3.05) is 5.73 Å². The predicted octanol–water partition coefficient (Wildman–Crippen LogP) is 3.95. The van der Waals surface area contributed by atoms with Crippen molar-refractivity contribution in [2.45, 2.75) is 6.92 Å². The monoisotopic (exact) mass is 285 g/mol. The van der Waals surface area contributed by atoms with Crippen LogP contribution < -0.4 is 5.73 Å². The van der Waals surface area contributed by atoms with Crippen LogP contribution in [0.3, 0.4) is 0 Å². The molecule has 0 amide bonds. The fourth-order valence-electron chi connectivity index (χ4n) is 1.97. The summed E-state index contributed by atoms with van der Waals surface area (Å²) in [5.74, 6) is 0.900. The van der Waals surface area contributed by atoms with Crippen molar-refractivity contribution in [3.63, 3.8) is 0 Å². The SMILES string of the molecule is Cc1c(N)cccc1-c1nc(-c2ccccc2Cl)no1. The molecule has 0 aliphatic rings. The van der Waals surface area contributed by atoms with E-state index in [0.717, 1.165) is 16.7 Å². The topological polar surface area (TPSA) is 64.9 Å². The van der Waals surface area contributed by atoms with E-state index in [1.165, 1.54) is 0 Å². The maximum absolute atomic E-state index is 6.13. The summed E-state index contributed by atoms with van der Waals surface area (Å²) in [4.78, 5) is 4.40. The van der Waals surface area contributed by atoms with E-state index in [9.17, 15) is 0 Å². The Hall–Kier alpha value is -2.33. The van der Waals surface area contributed by atoms with E-state index in [2.05, 4.69) is 10.1 Å². The van der Waals surface area contributed by atoms with Crippen molar-refractivity contribution < 1.29 is 4.52 Å². The van der Waals surface area contributed by atoms with Gasteiger partial charge in [-0.2, -0.15) is 4.98 Å². The molecule has 0 unspecified atom stereocenters. The van der Waals surface area contributed by atoms with Gasteiger partial charge in [-0.25, -0.2) is 0 Å². The van der Waals surface area contributed by atoms with Gasteiger partial charge in [0.15, 0.2) is 0 Å². The minimum absolute atomic E-state index is 0.435. The second kappa shape index (κ2) is 4.98. The van der Waals surface area contributed by atoms with E-state index in [1.807, 2.05) is 43.3 Å². The first-order valence-corrected chi connectivity index (χ1v) is 6.48. The van der Waals surface area contributed by atoms with Crippen molar-refractivity contribution in [1.29, 1.82) is 0 Å². The molecule has 0 atom stereocenters. The summed E-state index contributed by atoms with van der Waals surface area (Å²) in [6, 6.07) is 13.0. The van der Waals surface area contributed by atoms with Crippen LogP contribution in [0.4, 0.5) is 5.69 Å². The highest BCUT2D eigenvalue weighted by molar-refractivity contribution is 6.33. The first-order chi connectivity index (χ1) is 9.66. The molecule has 1 heterocycles. The van der Waals surface area contributed by atoms with Gasteiger partial charge in [-0.15, -0.1) is 0 Å². The molecule has 20 heavy (non-hydrogen) atoms. The first-order valence-electron chi connectivity index (χ1n) is 6.11. The van der Waals surface area contributed by atoms with Gasteiger partial charge in [0.2, 0.25) is 5.82 Å². The van der Waals surface area contributed by atoms with Crippen molar-refractivity contribution in [2.24, 2.45) is 0 Å². The zero-order chi connectivity index (χ0) is 14.1. The summed E-state index contributed by atoms with van der Waals surface area (Å²) < 4.78 is 5.32. The number of hydrogen-bond donors (Lipinski definition) is 1. The van der Waals surface area contributed by atoms with E-state index < -0.39 is 0 Å². The molecule has 2 aromatic carbocycles. The van der Waals surface area contributed by atoms with Crippen molar-refractivity contribution in [3.8, 4) is 22.8 Å². The molecular formula is C15H12ClN3O. The van der Waals surface area contributed by atoms with Gasteiger partial charge in [-0.1, -0.05) is 35.0 Å². The third-order valence-electron chi connectivity index (χ3n) is 3.15. The predicted molar refractivity (Wildman–Crippen MR) is 79.3 cm³/mol. The fraction of sp³-hybridized carbons (Fsp3) is 0.0667. The van der Waals surface area contributed by atoms with Crippen LogP contribution in [0.15, 0.2) is 47.0 Å². The number of hydrogen-bond acceptors (Lipinski definition) is 4. The maximum atomic E-state index is 6.13. The smallest absolute Gasteiger partial charge is 0.258 e. The zero-order valence-corrected chi connectivity index (χ0v) is 11.6. The Labute approximate surface area is 121 Å². The summed E-state index contributed by atoms with van der Waals surface area (Å²) in [5.41, 5.74) is 9.07. The molecule has 0 radical (unpaired) electrons. The molecule has 4 nitrogen and oxygen atoms in total. The van der Waals surface area contributed by atoms with Gasteiger partial charge in [0.25, 0.3) is 5.89 Å². The molecule has 0 saturated heterocycles. The van der Waals surface area contributed by atoms with Crippen LogP contribution in [-0.2, 0) is 0 Å². The first kappa shape index (κ1) is 12.7. The van der Waals surface area contributed by atoms with Gasteiger partial charge < -0.3 is 10.3 Å². The average Bonchev–Trinajstić information content (AvgIpc) is 2.92. The van der Waals surface area contributed by atoms with Gasteiger partial charge >= 0.3 is 0 Å². The van der Waals surface area contributed by atoms with Crippen LogP contribution in [0, 0.1) is 6.92 Å². The molecule has 3 aromatic rings. The molecule has 0 aliphatic carbocycles. The Morgan fingerprint density at radius 1 is 1.05 bits per heavy atom. The molecule has 1 aromatic heterocycles. The lowest BCUT2D eigenvalue weighted by Gasteiger charge is -2.03. The number of rotatable bonds is 2. The highest BCUT2D eigenvalue weighted by Crippen LogP contribution is 2.30. The van der Waals surface area contributed by atoms with Crippen LogP contribution in [0.1, 0.15) is 5.56 Å². The third kappa shape index (κ3) is 2.14. The minimum atomic E-state index is 0.435. The van der Waals surface area contributed by atoms with Gasteiger partial charge in [0.05, 0.1) is 5.02 Å². The maximum Gasteiger partial charge on any atom is 0.258 e. The lowest BCUT2D eigenvalue weighted by Crippen LogP contribution is -1.92. The lowest BCUT2D eigenvalue weighted by molar-refractivity contribution is 0.432. The Morgan fingerprint density at radius 2 is 1.80 bits per heavy atom. The summed E-state index contributed by atoms with van der Waals surface area (Å²) in [6.45, 7) is 1.92. The van der Waals surface area contributed by atoms with Gasteiger partial charge in [-0.05, 0) is 36.8 Å². The zero-order valence-electron chi connectivity index (χ0n) is 10.8. The summed E-state index contributed by atoms with van der Waals surface area (Å²) >= 11 is 6.13. The van der Waals surface area contributed by atoms with Crippen molar-refractivity contribution in [3.05, 3.63) is 53.1 Å². The Bertz CT molecular complexity index is 767. The van der Waals surface area contributed by atoms with Crippen LogP contribution in [-0.4, -0.2) is 10.1 Å². The molecule has 0 fully saturated rings.